The van der Waals surface area contributed by atoms with Crippen LogP contribution < -0.4 is 5.73 Å². The smallest absolute Gasteiger partial charge is 0.142 e. The summed E-state index contributed by atoms with van der Waals surface area (Å²) in [7, 11) is 0. The van der Waals surface area contributed by atoms with Crippen LogP contribution in [0.2, 0.25) is 0 Å². The third-order valence-corrected chi connectivity index (χ3v) is 3.96. The standard InChI is InChI=1S/C14H22N4/c1-10-5-7-18(8-11(10)2)9-12-4-3-6-17-13(12)14(15)16/h3-4,6,10-11H,5,7-9H2,1-2H3,(H3,15,16). The Balaban J connectivity index is 2.08. The minimum atomic E-state index is 0.0593. The lowest BCUT2D eigenvalue weighted by molar-refractivity contribution is 0.132. The van der Waals surface area contributed by atoms with Crippen LogP contribution in [-0.4, -0.2) is 28.8 Å². The van der Waals surface area contributed by atoms with Gasteiger partial charge in [-0.2, -0.15) is 0 Å². The number of nitrogens with zero attached hydrogens (tertiary/aromatic N) is 2. The van der Waals surface area contributed by atoms with Crippen molar-refractivity contribution in [2.24, 2.45) is 17.6 Å². The van der Waals surface area contributed by atoms with E-state index in [2.05, 4.69) is 23.7 Å². The topological polar surface area (TPSA) is 66.0 Å². The Labute approximate surface area is 109 Å². The van der Waals surface area contributed by atoms with Gasteiger partial charge in [-0.25, -0.2) is 0 Å². The molecule has 0 spiro atoms. The summed E-state index contributed by atoms with van der Waals surface area (Å²) >= 11 is 0. The Morgan fingerprint density at radius 1 is 1.50 bits per heavy atom. The molecule has 0 aromatic carbocycles. The molecule has 1 aliphatic heterocycles. The fraction of sp³-hybridized carbons (Fsp3) is 0.571. The summed E-state index contributed by atoms with van der Waals surface area (Å²) in [6, 6.07) is 3.93. The van der Waals surface area contributed by atoms with E-state index in [-0.39, 0.29) is 5.84 Å². The monoisotopic (exact) mass is 246 g/mol. The van der Waals surface area contributed by atoms with E-state index < -0.39 is 0 Å². The van der Waals surface area contributed by atoms with Crippen molar-refractivity contribution in [1.82, 2.24) is 9.88 Å². The Bertz CT molecular complexity index is 430. The predicted molar refractivity (Wildman–Crippen MR) is 73.5 cm³/mol. The van der Waals surface area contributed by atoms with Crippen LogP contribution in [0.25, 0.3) is 0 Å². The number of amidine groups is 1. The van der Waals surface area contributed by atoms with Crippen molar-refractivity contribution in [1.29, 1.82) is 5.41 Å². The highest BCUT2D eigenvalue weighted by Gasteiger charge is 2.23. The predicted octanol–water partition coefficient (Wildman–Crippen LogP) is 1.84. The first-order valence-electron chi connectivity index (χ1n) is 6.58. The molecule has 2 heterocycles. The molecule has 0 aliphatic carbocycles. The van der Waals surface area contributed by atoms with Gasteiger partial charge in [0, 0.05) is 19.3 Å². The first-order chi connectivity index (χ1) is 8.58. The largest absolute Gasteiger partial charge is 0.382 e. The van der Waals surface area contributed by atoms with Gasteiger partial charge >= 0.3 is 0 Å². The van der Waals surface area contributed by atoms with Crippen LogP contribution in [0.5, 0.6) is 0 Å². The molecule has 18 heavy (non-hydrogen) atoms. The number of aromatic nitrogens is 1. The number of hydrogen-bond donors (Lipinski definition) is 2. The van der Waals surface area contributed by atoms with Gasteiger partial charge in [-0.3, -0.25) is 15.3 Å². The number of nitrogen functional groups attached to an aromatic ring is 1. The molecule has 1 aromatic heterocycles. The van der Waals surface area contributed by atoms with Gasteiger partial charge < -0.3 is 5.73 Å². The molecule has 1 fully saturated rings. The van der Waals surface area contributed by atoms with Gasteiger partial charge in [0.25, 0.3) is 0 Å². The molecule has 0 amide bonds. The number of piperidine rings is 1. The van der Waals surface area contributed by atoms with E-state index in [1.54, 1.807) is 6.20 Å². The normalized spacial score (nSPS) is 25.0. The Morgan fingerprint density at radius 3 is 2.94 bits per heavy atom. The third-order valence-electron chi connectivity index (χ3n) is 3.96. The molecule has 2 atom stereocenters. The minimum Gasteiger partial charge on any atom is -0.382 e. The van der Waals surface area contributed by atoms with Crippen LogP contribution in [0, 0.1) is 17.2 Å². The summed E-state index contributed by atoms with van der Waals surface area (Å²) in [5.41, 5.74) is 7.26. The van der Waals surface area contributed by atoms with Gasteiger partial charge in [-0.1, -0.05) is 19.9 Å². The van der Waals surface area contributed by atoms with Crippen LogP contribution in [0.1, 0.15) is 31.5 Å². The Hall–Kier alpha value is -1.42. The number of nitrogens with two attached hydrogens (primary N) is 1. The number of nitrogens with one attached hydrogen (secondary N) is 1. The first-order valence-corrected chi connectivity index (χ1v) is 6.58. The quantitative estimate of drug-likeness (QED) is 0.632. The van der Waals surface area contributed by atoms with E-state index in [1.165, 1.54) is 6.42 Å². The fourth-order valence-electron chi connectivity index (χ4n) is 2.54. The zero-order valence-corrected chi connectivity index (χ0v) is 11.2. The van der Waals surface area contributed by atoms with Crippen molar-refractivity contribution >= 4 is 5.84 Å². The molecule has 4 heteroatoms. The molecule has 1 aromatic rings. The van der Waals surface area contributed by atoms with Crippen molar-refractivity contribution in [2.45, 2.75) is 26.8 Å². The van der Waals surface area contributed by atoms with Crippen molar-refractivity contribution in [3.8, 4) is 0 Å². The van der Waals surface area contributed by atoms with Crippen LogP contribution in [-0.2, 0) is 6.54 Å². The van der Waals surface area contributed by atoms with E-state index in [4.69, 9.17) is 11.1 Å². The average molecular weight is 246 g/mol. The Morgan fingerprint density at radius 2 is 2.28 bits per heavy atom. The SMILES string of the molecule is CC1CCN(Cc2cccnc2C(=N)N)CC1C. The van der Waals surface area contributed by atoms with E-state index in [0.717, 1.165) is 37.0 Å². The lowest BCUT2D eigenvalue weighted by atomic mass is 9.88. The number of likely N-dealkylation sites (tertiary alicyclic amines) is 1. The molecule has 0 radical (unpaired) electrons. The van der Waals surface area contributed by atoms with Gasteiger partial charge in [-0.15, -0.1) is 0 Å². The molecule has 1 aliphatic rings. The molecule has 0 saturated carbocycles. The lowest BCUT2D eigenvalue weighted by Gasteiger charge is -2.35. The highest BCUT2D eigenvalue weighted by molar-refractivity contribution is 5.94. The van der Waals surface area contributed by atoms with Gasteiger partial charge in [0.15, 0.2) is 0 Å². The zero-order chi connectivity index (χ0) is 13.1. The van der Waals surface area contributed by atoms with Crippen molar-refractivity contribution in [3.63, 3.8) is 0 Å². The summed E-state index contributed by atoms with van der Waals surface area (Å²) in [6.45, 7) is 7.73. The molecule has 3 N–H and O–H groups in total. The second-order valence-electron chi connectivity index (χ2n) is 5.40. The minimum absolute atomic E-state index is 0.0593. The average Bonchev–Trinajstić information content (AvgIpc) is 2.34. The maximum absolute atomic E-state index is 7.56. The molecule has 4 nitrogen and oxygen atoms in total. The molecule has 2 unspecified atom stereocenters. The van der Waals surface area contributed by atoms with Crippen LogP contribution >= 0.6 is 0 Å². The summed E-state index contributed by atoms with van der Waals surface area (Å²) in [4.78, 5) is 6.64. The highest BCUT2D eigenvalue weighted by atomic mass is 15.1. The summed E-state index contributed by atoms with van der Waals surface area (Å²) in [5.74, 6) is 1.60. The molecular weight excluding hydrogens is 224 g/mol. The third kappa shape index (κ3) is 2.88. The number of pyridine rings is 1. The molecular formula is C14H22N4. The summed E-state index contributed by atoms with van der Waals surface area (Å²) in [6.07, 6.45) is 2.94. The molecule has 0 bridgehead atoms. The number of rotatable bonds is 3. The second kappa shape index (κ2) is 5.48. The Kier molecular flexibility index (Phi) is 3.97. The second-order valence-corrected chi connectivity index (χ2v) is 5.40. The lowest BCUT2D eigenvalue weighted by Crippen LogP contribution is -2.38. The van der Waals surface area contributed by atoms with E-state index >= 15 is 0 Å². The van der Waals surface area contributed by atoms with Gasteiger partial charge in [0.1, 0.15) is 11.5 Å². The zero-order valence-electron chi connectivity index (χ0n) is 11.2. The van der Waals surface area contributed by atoms with E-state index in [9.17, 15) is 0 Å². The van der Waals surface area contributed by atoms with E-state index in [0.29, 0.717) is 5.69 Å². The van der Waals surface area contributed by atoms with Gasteiger partial charge in [-0.05, 0) is 36.4 Å². The van der Waals surface area contributed by atoms with Gasteiger partial charge in [0.05, 0.1) is 0 Å². The molecule has 2 rings (SSSR count). The first kappa shape index (κ1) is 13.0. The maximum Gasteiger partial charge on any atom is 0.142 e. The fourth-order valence-corrected chi connectivity index (χ4v) is 2.54. The molecule has 98 valence electrons. The van der Waals surface area contributed by atoms with Crippen LogP contribution in [0.3, 0.4) is 0 Å². The number of hydrogen-bond acceptors (Lipinski definition) is 3. The maximum atomic E-state index is 7.56. The van der Waals surface area contributed by atoms with Crippen LogP contribution in [0.15, 0.2) is 18.3 Å². The van der Waals surface area contributed by atoms with Crippen molar-refractivity contribution < 1.29 is 0 Å². The molecule has 1 saturated heterocycles. The van der Waals surface area contributed by atoms with Crippen molar-refractivity contribution in [2.75, 3.05) is 13.1 Å². The summed E-state index contributed by atoms with van der Waals surface area (Å²) < 4.78 is 0. The highest BCUT2D eigenvalue weighted by Crippen LogP contribution is 2.23. The van der Waals surface area contributed by atoms with E-state index in [1.807, 2.05) is 12.1 Å². The van der Waals surface area contributed by atoms with Crippen molar-refractivity contribution in [3.05, 3.63) is 29.6 Å². The van der Waals surface area contributed by atoms with Gasteiger partial charge in [0.2, 0.25) is 0 Å². The van der Waals surface area contributed by atoms with Crippen LogP contribution in [0.4, 0.5) is 0 Å². The summed E-state index contributed by atoms with van der Waals surface area (Å²) in [5, 5.41) is 7.56.